The summed E-state index contributed by atoms with van der Waals surface area (Å²) in [6.07, 6.45) is 1.54. The lowest BCUT2D eigenvalue weighted by molar-refractivity contribution is -0.138. The number of ether oxygens (including phenoxy) is 1. The van der Waals surface area contributed by atoms with Gasteiger partial charge in [0.15, 0.2) is 0 Å². The lowest BCUT2D eigenvalue weighted by Crippen LogP contribution is -2.54. The van der Waals surface area contributed by atoms with Crippen molar-refractivity contribution < 1.29 is 22.7 Å². The van der Waals surface area contributed by atoms with E-state index in [0.717, 1.165) is 12.8 Å². The Balaban J connectivity index is 1.35. The fourth-order valence-corrected chi connectivity index (χ4v) is 6.34. The number of benzene rings is 1. The third-order valence-corrected chi connectivity index (χ3v) is 8.81. The van der Waals surface area contributed by atoms with Crippen molar-refractivity contribution in [3.63, 3.8) is 0 Å². The largest absolute Gasteiger partial charge is 0.497 e. The van der Waals surface area contributed by atoms with Gasteiger partial charge in [-0.15, -0.1) is 11.3 Å². The van der Waals surface area contributed by atoms with Crippen LogP contribution in [0.4, 0.5) is 0 Å². The van der Waals surface area contributed by atoms with E-state index in [1.807, 2.05) is 11.4 Å². The Morgan fingerprint density at radius 3 is 2.34 bits per heavy atom. The molecular weight excluding hydrogens is 450 g/mol. The van der Waals surface area contributed by atoms with Gasteiger partial charge in [0.25, 0.3) is 5.91 Å². The first-order valence-electron chi connectivity index (χ1n) is 10.7. The van der Waals surface area contributed by atoms with Gasteiger partial charge in [-0.3, -0.25) is 9.59 Å². The van der Waals surface area contributed by atoms with Gasteiger partial charge in [-0.25, -0.2) is 8.42 Å². The fraction of sp³-hybridized carbons (Fsp3) is 0.455. The molecule has 0 N–H and O–H groups in total. The molecular formula is C22H27N3O5S2. The quantitative estimate of drug-likeness (QED) is 0.659. The van der Waals surface area contributed by atoms with Crippen LogP contribution in [-0.4, -0.2) is 80.7 Å². The normalized spacial score (nSPS) is 20.2. The average molecular weight is 478 g/mol. The van der Waals surface area contributed by atoms with Gasteiger partial charge in [-0.1, -0.05) is 6.07 Å². The molecule has 1 atom stereocenters. The number of thiophene rings is 1. The van der Waals surface area contributed by atoms with Crippen LogP contribution in [0.15, 0.2) is 46.7 Å². The van der Waals surface area contributed by atoms with Crippen LogP contribution in [0.25, 0.3) is 0 Å². The second-order valence-corrected chi connectivity index (χ2v) is 10.9. The molecule has 0 unspecified atom stereocenters. The first kappa shape index (κ1) is 22.8. The molecule has 2 amide bonds. The average Bonchev–Trinajstić information content (AvgIpc) is 3.38. The maximum absolute atomic E-state index is 13.1. The number of carbonyl (C=O) groups is 2. The number of rotatable bonds is 5. The van der Waals surface area contributed by atoms with Crippen molar-refractivity contribution in [2.24, 2.45) is 5.92 Å². The number of hydrogen-bond donors (Lipinski definition) is 0. The Morgan fingerprint density at radius 1 is 1.00 bits per heavy atom. The van der Waals surface area contributed by atoms with Crippen molar-refractivity contribution >= 4 is 33.2 Å². The lowest BCUT2D eigenvalue weighted by Gasteiger charge is -2.38. The van der Waals surface area contributed by atoms with Crippen molar-refractivity contribution in [3.05, 3.63) is 46.7 Å². The van der Waals surface area contributed by atoms with Gasteiger partial charge in [-0.2, -0.15) is 4.31 Å². The zero-order valence-corrected chi connectivity index (χ0v) is 19.6. The van der Waals surface area contributed by atoms with Gasteiger partial charge in [0.05, 0.1) is 22.8 Å². The Labute approximate surface area is 192 Å². The van der Waals surface area contributed by atoms with Crippen molar-refractivity contribution in [2.75, 3.05) is 46.4 Å². The molecule has 1 aromatic carbocycles. The molecule has 3 heterocycles. The summed E-state index contributed by atoms with van der Waals surface area (Å²) < 4.78 is 32.4. The van der Waals surface area contributed by atoms with Crippen LogP contribution in [0.5, 0.6) is 5.75 Å². The van der Waals surface area contributed by atoms with E-state index in [1.54, 1.807) is 28.0 Å². The van der Waals surface area contributed by atoms with Gasteiger partial charge in [-0.05, 0) is 48.6 Å². The number of sulfonamides is 1. The van der Waals surface area contributed by atoms with Gasteiger partial charge in [0.1, 0.15) is 5.75 Å². The Morgan fingerprint density at radius 2 is 1.72 bits per heavy atom. The summed E-state index contributed by atoms with van der Waals surface area (Å²) in [7, 11) is -2.09. The molecule has 4 rings (SSSR count). The zero-order chi connectivity index (χ0) is 22.7. The summed E-state index contributed by atoms with van der Waals surface area (Å²) in [6.45, 7) is 2.29. The van der Waals surface area contributed by atoms with Crippen LogP contribution in [0.2, 0.25) is 0 Å². The van der Waals surface area contributed by atoms with Crippen LogP contribution in [0.3, 0.4) is 0 Å². The molecule has 8 nitrogen and oxygen atoms in total. The van der Waals surface area contributed by atoms with Crippen LogP contribution in [-0.2, 0) is 14.8 Å². The Kier molecular flexibility index (Phi) is 6.82. The number of amides is 2. The van der Waals surface area contributed by atoms with E-state index in [1.165, 1.54) is 34.9 Å². The predicted molar refractivity (Wildman–Crippen MR) is 121 cm³/mol. The standard InChI is InChI=1S/C22H27N3O5S2/c1-30-18-6-8-19(9-7-18)32(28,29)25-13-11-23(12-14-25)21(26)17-4-2-10-24(16-17)22(27)20-5-3-15-31-20/h3,5-9,15,17H,2,4,10-14,16H2,1H3/t17-/m0/s1. The Bertz CT molecular complexity index is 1050. The van der Waals surface area contributed by atoms with Gasteiger partial charge >= 0.3 is 0 Å². The highest BCUT2D eigenvalue weighted by Crippen LogP contribution is 2.24. The number of nitrogens with zero attached hydrogens (tertiary/aromatic N) is 3. The SMILES string of the molecule is COc1ccc(S(=O)(=O)N2CCN(C(=O)[C@H]3CCCN(C(=O)c4cccs4)C3)CC2)cc1. The van der Waals surface area contributed by atoms with E-state index in [-0.39, 0.29) is 35.7 Å². The van der Waals surface area contributed by atoms with Gasteiger partial charge < -0.3 is 14.5 Å². The number of hydrogen-bond acceptors (Lipinski definition) is 6. The van der Waals surface area contributed by atoms with Gasteiger partial charge in [0.2, 0.25) is 15.9 Å². The number of piperidine rings is 1. The van der Waals surface area contributed by atoms with E-state index >= 15 is 0 Å². The third kappa shape index (κ3) is 4.67. The molecule has 2 aliphatic heterocycles. The highest BCUT2D eigenvalue weighted by molar-refractivity contribution is 7.89. The second-order valence-electron chi connectivity index (χ2n) is 7.97. The summed E-state index contributed by atoms with van der Waals surface area (Å²) in [5.41, 5.74) is 0. The molecule has 0 spiro atoms. The summed E-state index contributed by atoms with van der Waals surface area (Å²) in [5, 5.41) is 1.87. The lowest BCUT2D eigenvalue weighted by atomic mass is 9.96. The number of piperazine rings is 1. The Hall–Kier alpha value is -2.43. The molecule has 32 heavy (non-hydrogen) atoms. The van der Waals surface area contributed by atoms with Crippen LogP contribution in [0.1, 0.15) is 22.5 Å². The summed E-state index contributed by atoms with van der Waals surface area (Å²) in [5.74, 6) is 0.346. The smallest absolute Gasteiger partial charge is 0.263 e. The number of carbonyl (C=O) groups excluding carboxylic acids is 2. The summed E-state index contributed by atoms with van der Waals surface area (Å²) >= 11 is 1.41. The molecule has 0 aliphatic carbocycles. The topological polar surface area (TPSA) is 87.2 Å². The minimum atomic E-state index is -3.62. The van der Waals surface area contributed by atoms with E-state index in [4.69, 9.17) is 4.74 Å². The highest BCUT2D eigenvalue weighted by atomic mass is 32.2. The van der Waals surface area contributed by atoms with Crippen molar-refractivity contribution in [1.29, 1.82) is 0 Å². The minimum absolute atomic E-state index is 0.00942. The molecule has 10 heteroatoms. The van der Waals surface area contributed by atoms with Crippen LogP contribution in [0, 0.1) is 5.92 Å². The van der Waals surface area contributed by atoms with E-state index in [2.05, 4.69) is 0 Å². The van der Waals surface area contributed by atoms with Crippen LogP contribution < -0.4 is 4.74 Å². The highest BCUT2D eigenvalue weighted by Gasteiger charge is 2.35. The second kappa shape index (κ2) is 9.60. The third-order valence-electron chi connectivity index (χ3n) is 6.04. The van der Waals surface area contributed by atoms with Crippen molar-refractivity contribution in [2.45, 2.75) is 17.7 Å². The number of methoxy groups -OCH3 is 1. The van der Waals surface area contributed by atoms with Crippen LogP contribution >= 0.6 is 11.3 Å². The maximum Gasteiger partial charge on any atom is 0.263 e. The molecule has 0 bridgehead atoms. The van der Waals surface area contributed by atoms with E-state index in [9.17, 15) is 18.0 Å². The zero-order valence-electron chi connectivity index (χ0n) is 18.0. The fourth-order valence-electron chi connectivity index (χ4n) is 4.22. The van der Waals surface area contributed by atoms with E-state index in [0.29, 0.717) is 36.8 Å². The molecule has 0 saturated carbocycles. The van der Waals surface area contributed by atoms with E-state index < -0.39 is 10.0 Å². The molecule has 2 fully saturated rings. The molecule has 2 saturated heterocycles. The molecule has 2 aromatic rings. The van der Waals surface area contributed by atoms with Crippen molar-refractivity contribution in [3.8, 4) is 5.75 Å². The molecule has 1 aromatic heterocycles. The summed E-state index contributed by atoms with van der Waals surface area (Å²) in [6, 6.07) is 9.97. The first-order valence-corrected chi connectivity index (χ1v) is 13.0. The summed E-state index contributed by atoms with van der Waals surface area (Å²) in [4.78, 5) is 30.2. The maximum atomic E-state index is 13.1. The molecule has 172 valence electrons. The predicted octanol–water partition coefficient (Wildman–Crippen LogP) is 2.14. The monoisotopic (exact) mass is 477 g/mol. The van der Waals surface area contributed by atoms with Crippen molar-refractivity contribution in [1.82, 2.24) is 14.1 Å². The molecule has 0 radical (unpaired) electrons. The number of likely N-dealkylation sites (tertiary alicyclic amines) is 1. The minimum Gasteiger partial charge on any atom is -0.497 e. The molecule has 2 aliphatic rings. The first-order chi connectivity index (χ1) is 15.4. The van der Waals surface area contributed by atoms with Gasteiger partial charge in [0, 0.05) is 39.3 Å².